The van der Waals surface area contributed by atoms with E-state index in [2.05, 4.69) is 11.7 Å². The van der Waals surface area contributed by atoms with Crippen LogP contribution in [-0.4, -0.2) is 11.8 Å². The van der Waals surface area contributed by atoms with Crippen LogP contribution in [0.3, 0.4) is 0 Å². The van der Waals surface area contributed by atoms with Gasteiger partial charge in [0, 0.05) is 0 Å². The van der Waals surface area contributed by atoms with Crippen LogP contribution < -0.4 is 0 Å². The lowest BCUT2D eigenvalue weighted by molar-refractivity contribution is 0.00205. The molecule has 0 aromatic carbocycles. The van der Waals surface area contributed by atoms with Crippen LogP contribution >= 0.6 is 0 Å². The van der Waals surface area contributed by atoms with Gasteiger partial charge in [0.1, 0.15) is 5.60 Å². The summed E-state index contributed by atoms with van der Waals surface area (Å²) in [7, 11) is 0. The highest BCUT2D eigenvalue weighted by Crippen LogP contribution is 2.05. The molecule has 0 saturated carbocycles. The van der Waals surface area contributed by atoms with Crippen LogP contribution in [0.5, 0.6) is 0 Å². The fraction of sp³-hybridized carbons (Fsp3) is 0.571. The van der Waals surface area contributed by atoms with E-state index in [-0.39, 0.29) is 5.60 Å². The third-order valence-electron chi connectivity index (χ3n) is 0.493. The van der Waals surface area contributed by atoms with Gasteiger partial charge in [0.15, 0.2) is 0 Å². The Balaban J connectivity index is 3.50. The van der Waals surface area contributed by atoms with E-state index in [1.54, 1.807) is 6.08 Å². The summed E-state index contributed by atoms with van der Waals surface area (Å²) in [5, 5.41) is 3.62. The molecule has 2 heteroatoms. The molecular formula is C7H13NO. The summed E-state index contributed by atoms with van der Waals surface area (Å²) in [6, 6.07) is 0. The Morgan fingerprint density at radius 3 is 2.33 bits per heavy atom. The highest BCUT2D eigenvalue weighted by atomic mass is 16.6. The second-order valence-corrected chi connectivity index (χ2v) is 2.69. The van der Waals surface area contributed by atoms with Gasteiger partial charge in [0.2, 0.25) is 0 Å². The number of rotatable bonds is 2. The molecule has 0 aliphatic heterocycles. The first kappa shape index (κ1) is 8.21. The quantitative estimate of drug-likeness (QED) is 0.410. The van der Waals surface area contributed by atoms with Gasteiger partial charge in [-0.1, -0.05) is 11.7 Å². The zero-order chi connectivity index (χ0) is 7.33. The lowest BCUT2D eigenvalue weighted by Gasteiger charge is -2.14. The van der Waals surface area contributed by atoms with E-state index in [0.717, 1.165) is 0 Å². The van der Waals surface area contributed by atoms with Gasteiger partial charge in [-0.2, -0.15) is 0 Å². The molecule has 0 rings (SSSR count). The van der Waals surface area contributed by atoms with Crippen LogP contribution in [0.1, 0.15) is 20.8 Å². The number of nitrogens with zero attached hydrogens (tertiary/aromatic N) is 1. The predicted octanol–water partition coefficient (Wildman–Crippen LogP) is 1.97. The minimum atomic E-state index is -0.195. The molecule has 0 atom stereocenters. The molecule has 0 aliphatic rings. The minimum absolute atomic E-state index is 0.195. The number of hydrogen-bond acceptors (Lipinski definition) is 2. The molecule has 0 aromatic rings. The van der Waals surface area contributed by atoms with Crippen molar-refractivity contribution in [2.75, 3.05) is 0 Å². The fourth-order valence-electron chi connectivity index (χ4n) is 0.232. The predicted molar refractivity (Wildman–Crippen MR) is 39.5 cm³/mol. The van der Waals surface area contributed by atoms with E-state index < -0.39 is 0 Å². The Labute approximate surface area is 56.2 Å². The molecule has 0 aromatic heterocycles. The molecule has 52 valence electrons. The van der Waals surface area contributed by atoms with Crippen molar-refractivity contribution in [3.63, 3.8) is 0 Å². The van der Waals surface area contributed by atoms with Crippen LogP contribution in [0, 0.1) is 0 Å². The van der Waals surface area contributed by atoms with Gasteiger partial charge in [-0.15, -0.1) is 0 Å². The van der Waals surface area contributed by atoms with Gasteiger partial charge in [-0.05, 0) is 26.8 Å². The molecule has 0 amide bonds. The zero-order valence-corrected chi connectivity index (χ0v) is 6.22. The zero-order valence-electron chi connectivity index (χ0n) is 6.22. The first-order chi connectivity index (χ1) is 4.06. The SMILES string of the molecule is C=C/C=N/OC(C)(C)C. The third-order valence-corrected chi connectivity index (χ3v) is 0.493. The molecule has 0 unspecified atom stereocenters. The topological polar surface area (TPSA) is 21.6 Å². The Morgan fingerprint density at radius 1 is 1.44 bits per heavy atom. The van der Waals surface area contributed by atoms with Crippen molar-refractivity contribution >= 4 is 6.21 Å². The molecule has 0 saturated heterocycles. The summed E-state index contributed by atoms with van der Waals surface area (Å²) in [5.74, 6) is 0. The molecule has 0 heterocycles. The largest absolute Gasteiger partial charge is 0.390 e. The molecule has 2 nitrogen and oxygen atoms in total. The van der Waals surface area contributed by atoms with Gasteiger partial charge >= 0.3 is 0 Å². The Morgan fingerprint density at radius 2 is 2.00 bits per heavy atom. The fourth-order valence-corrected chi connectivity index (χ4v) is 0.232. The average Bonchev–Trinajstić information content (AvgIpc) is 1.63. The van der Waals surface area contributed by atoms with Gasteiger partial charge in [0.25, 0.3) is 0 Å². The molecule has 9 heavy (non-hydrogen) atoms. The van der Waals surface area contributed by atoms with Crippen molar-refractivity contribution in [3.8, 4) is 0 Å². The molecule has 0 N–H and O–H groups in total. The molecule has 0 fully saturated rings. The highest BCUT2D eigenvalue weighted by Gasteiger charge is 2.08. The summed E-state index contributed by atoms with van der Waals surface area (Å²) >= 11 is 0. The second kappa shape index (κ2) is 3.28. The van der Waals surface area contributed by atoms with Crippen molar-refractivity contribution < 1.29 is 4.84 Å². The maximum Gasteiger partial charge on any atom is 0.129 e. The van der Waals surface area contributed by atoms with Crippen molar-refractivity contribution in [2.45, 2.75) is 26.4 Å². The minimum Gasteiger partial charge on any atom is -0.390 e. The van der Waals surface area contributed by atoms with E-state index in [1.165, 1.54) is 6.21 Å². The molecular weight excluding hydrogens is 114 g/mol. The van der Waals surface area contributed by atoms with E-state index in [4.69, 9.17) is 4.84 Å². The van der Waals surface area contributed by atoms with Gasteiger partial charge in [0.05, 0.1) is 6.21 Å². The molecule has 0 aliphatic carbocycles. The maximum absolute atomic E-state index is 4.97. The second-order valence-electron chi connectivity index (χ2n) is 2.69. The molecule has 0 spiro atoms. The Bertz CT molecular complexity index is 111. The van der Waals surface area contributed by atoms with Crippen molar-refractivity contribution in [3.05, 3.63) is 12.7 Å². The van der Waals surface area contributed by atoms with Crippen LogP contribution in [0.15, 0.2) is 17.8 Å². The normalized spacial score (nSPS) is 11.9. The first-order valence-electron chi connectivity index (χ1n) is 2.89. The van der Waals surface area contributed by atoms with E-state index >= 15 is 0 Å². The van der Waals surface area contributed by atoms with Crippen LogP contribution in [-0.2, 0) is 4.84 Å². The maximum atomic E-state index is 4.97. The van der Waals surface area contributed by atoms with Crippen molar-refractivity contribution in [2.24, 2.45) is 5.16 Å². The highest BCUT2D eigenvalue weighted by molar-refractivity contribution is 5.69. The van der Waals surface area contributed by atoms with E-state index in [1.807, 2.05) is 20.8 Å². The summed E-state index contributed by atoms with van der Waals surface area (Å²) in [6.45, 7) is 9.26. The first-order valence-corrected chi connectivity index (χ1v) is 2.89. The average molecular weight is 127 g/mol. The Kier molecular flexibility index (Phi) is 2.99. The number of hydrogen-bond donors (Lipinski definition) is 0. The lowest BCUT2D eigenvalue weighted by Crippen LogP contribution is -2.15. The van der Waals surface area contributed by atoms with Crippen molar-refractivity contribution in [1.82, 2.24) is 0 Å². The van der Waals surface area contributed by atoms with Crippen LogP contribution in [0.2, 0.25) is 0 Å². The summed E-state index contributed by atoms with van der Waals surface area (Å²) in [5.41, 5.74) is -0.195. The summed E-state index contributed by atoms with van der Waals surface area (Å²) < 4.78 is 0. The van der Waals surface area contributed by atoms with Crippen LogP contribution in [0.25, 0.3) is 0 Å². The third kappa shape index (κ3) is 7.21. The monoisotopic (exact) mass is 127 g/mol. The van der Waals surface area contributed by atoms with E-state index in [9.17, 15) is 0 Å². The van der Waals surface area contributed by atoms with Crippen molar-refractivity contribution in [1.29, 1.82) is 0 Å². The summed E-state index contributed by atoms with van der Waals surface area (Å²) in [6.07, 6.45) is 3.09. The number of oxime groups is 1. The van der Waals surface area contributed by atoms with Gasteiger partial charge in [-0.25, -0.2) is 0 Å². The lowest BCUT2D eigenvalue weighted by atomic mass is 10.2. The smallest absolute Gasteiger partial charge is 0.129 e. The van der Waals surface area contributed by atoms with Gasteiger partial charge in [-0.3, -0.25) is 0 Å². The summed E-state index contributed by atoms with van der Waals surface area (Å²) in [4.78, 5) is 4.97. The number of allylic oxidation sites excluding steroid dienone is 1. The molecule has 0 bridgehead atoms. The Hall–Kier alpha value is -0.790. The molecule has 0 radical (unpaired) electrons. The van der Waals surface area contributed by atoms with Crippen LogP contribution in [0.4, 0.5) is 0 Å². The standard InChI is InChI=1S/C7H13NO/c1-5-6-8-9-7(2,3)4/h5-6H,1H2,2-4H3/b8-6+. The van der Waals surface area contributed by atoms with E-state index in [0.29, 0.717) is 0 Å². The van der Waals surface area contributed by atoms with Gasteiger partial charge < -0.3 is 4.84 Å².